The Balaban J connectivity index is 1.48. The molecule has 5 aliphatic rings. The van der Waals surface area contributed by atoms with Crippen LogP contribution in [0.4, 0.5) is 0 Å². The molecule has 5 fully saturated rings. The van der Waals surface area contributed by atoms with E-state index in [4.69, 9.17) is 0 Å². The van der Waals surface area contributed by atoms with Crippen molar-refractivity contribution in [1.29, 1.82) is 0 Å². The van der Waals surface area contributed by atoms with E-state index in [0.29, 0.717) is 28.8 Å². The molecule has 0 unspecified atom stereocenters. The molecule has 31 heavy (non-hydrogen) atoms. The van der Waals surface area contributed by atoms with E-state index in [2.05, 4.69) is 41.5 Å². The predicted molar refractivity (Wildman–Crippen MR) is 128 cm³/mol. The summed E-state index contributed by atoms with van der Waals surface area (Å²) in [7, 11) is 0. The molecule has 2 nitrogen and oxygen atoms in total. The number of hydrogen-bond acceptors (Lipinski definition) is 2. The smallest absolute Gasteiger partial charge is 0.0594 e. The van der Waals surface area contributed by atoms with Crippen LogP contribution in [-0.4, -0.2) is 22.9 Å². The average Bonchev–Trinajstić information content (AvgIpc) is 2.70. The van der Waals surface area contributed by atoms with Crippen molar-refractivity contribution in [3.63, 3.8) is 0 Å². The first-order valence-electron chi connectivity index (χ1n) is 13.7. The highest BCUT2D eigenvalue weighted by Gasteiger charge is 2.66. The zero-order valence-electron chi connectivity index (χ0n) is 21.3. The number of rotatable bonds is 1. The summed E-state index contributed by atoms with van der Waals surface area (Å²) in [5, 5.41) is 21.4. The van der Waals surface area contributed by atoms with Crippen LogP contribution in [0.3, 0.4) is 0 Å². The molecule has 0 saturated heterocycles. The zero-order chi connectivity index (χ0) is 22.4. The van der Waals surface area contributed by atoms with E-state index < -0.39 is 0 Å². The molecule has 0 aromatic heterocycles. The Morgan fingerprint density at radius 1 is 0.677 bits per heavy atom. The number of aliphatic hydroxyl groups excluding tert-OH is 2. The van der Waals surface area contributed by atoms with Gasteiger partial charge in [-0.1, -0.05) is 41.5 Å². The van der Waals surface area contributed by atoms with Gasteiger partial charge >= 0.3 is 0 Å². The van der Waals surface area contributed by atoms with Crippen LogP contribution in [0.1, 0.15) is 112 Å². The Morgan fingerprint density at radius 2 is 1.39 bits per heavy atom. The number of hydrogen-bond donors (Lipinski definition) is 2. The van der Waals surface area contributed by atoms with E-state index in [0.717, 1.165) is 30.1 Å². The fourth-order valence-electron chi connectivity index (χ4n) is 11.1. The maximum atomic E-state index is 10.8. The summed E-state index contributed by atoms with van der Waals surface area (Å²) in [5.74, 6) is 3.87. The lowest BCUT2D eigenvalue weighted by Crippen LogP contribution is -2.64. The van der Waals surface area contributed by atoms with Crippen LogP contribution >= 0.6 is 0 Å². The van der Waals surface area contributed by atoms with Gasteiger partial charge in [-0.15, -0.1) is 0 Å². The Hall–Kier alpha value is -0.0800. The molecule has 0 aromatic carbocycles. The molecule has 178 valence electrons. The maximum Gasteiger partial charge on any atom is 0.0594 e. The second-order valence-electron chi connectivity index (χ2n) is 14.9. The van der Waals surface area contributed by atoms with E-state index in [-0.39, 0.29) is 16.9 Å². The lowest BCUT2D eigenvalue weighted by atomic mass is 9.35. The summed E-state index contributed by atoms with van der Waals surface area (Å²) in [5.41, 5.74) is 1.55. The molecule has 5 saturated carbocycles. The van der Waals surface area contributed by atoms with Gasteiger partial charge in [-0.25, -0.2) is 0 Å². The summed E-state index contributed by atoms with van der Waals surface area (Å²) in [6.07, 6.45) is 14.0. The van der Waals surface area contributed by atoms with Crippen molar-refractivity contribution in [2.45, 2.75) is 118 Å². The van der Waals surface area contributed by atoms with Crippen LogP contribution in [-0.2, 0) is 0 Å². The lowest BCUT2D eigenvalue weighted by Gasteiger charge is -2.70. The normalized spacial score (nSPS) is 55.4. The SMILES string of the molecule is CC1(C)CC[C@]2(CO)CC[C@@H]3[C@H](CC[C@@H]4[C@@]3(C)CC[C@H]3C(C)(C)[C@@H](O)CC[C@]43C)[C@@H]2C1. The Labute approximate surface area is 192 Å². The van der Waals surface area contributed by atoms with Gasteiger partial charge < -0.3 is 10.2 Å². The highest BCUT2D eigenvalue weighted by Crippen LogP contribution is 2.73. The summed E-state index contributed by atoms with van der Waals surface area (Å²) in [6.45, 7) is 15.4. The van der Waals surface area contributed by atoms with Crippen LogP contribution < -0.4 is 0 Å². The zero-order valence-corrected chi connectivity index (χ0v) is 21.3. The summed E-state index contributed by atoms with van der Waals surface area (Å²) < 4.78 is 0. The van der Waals surface area contributed by atoms with E-state index >= 15 is 0 Å². The Morgan fingerprint density at radius 3 is 2.10 bits per heavy atom. The molecule has 0 bridgehead atoms. The van der Waals surface area contributed by atoms with E-state index in [1.54, 1.807) is 0 Å². The van der Waals surface area contributed by atoms with Gasteiger partial charge in [-0.05, 0) is 127 Å². The molecule has 0 heterocycles. The maximum absolute atomic E-state index is 10.8. The minimum Gasteiger partial charge on any atom is -0.396 e. The number of aliphatic hydroxyl groups is 2. The molecule has 0 aliphatic heterocycles. The van der Waals surface area contributed by atoms with Gasteiger partial charge in [0.25, 0.3) is 0 Å². The van der Waals surface area contributed by atoms with Crippen LogP contribution in [0.25, 0.3) is 0 Å². The third kappa shape index (κ3) is 3.02. The second kappa shape index (κ2) is 6.97. The highest BCUT2D eigenvalue weighted by atomic mass is 16.3. The molecule has 0 aromatic rings. The summed E-state index contributed by atoms with van der Waals surface area (Å²) >= 11 is 0. The third-order valence-corrected chi connectivity index (χ3v) is 12.9. The topological polar surface area (TPSA) is 40.5 Å². The van der Waals surface area contributed by atoms with Gasteiger partial charge in [-0.3, -0.25) is 0 Å². The largest absolute Gasteiger partial charge is 0.396 e. The van der Waals surface area contributed by atoms with Gasteiger partial charge in [0.15, 0.2) is 0 Å². The molecule has 0 spiro atoms. The minimum atomic E-state index is -0.129. The highest BCUT2D eigenvalue weighted by molar-refractivity contribution is 5.15. The molecular weight excluding hydrogens is 380 g/mol. The van der Waals surface area contributed by atoms with Gasteiger partial charge in [0.05, 0.1) is 6.10 Å². The van der Waals surface area contributed by atoms with Crippen molar-refractivity contribution in [2.75, 3.05) is 6.61 Å². The average molecular weight is 431 g/mol. The fraction of sp³-hybridized carbons (Fsp3) is 1.00. The van der Waals surface area contributed by atoms with E-state index in [1.807, 2.05) is 0 Å². The first-order valence-corrected chi connectivity index (χ1v) is 13.7. The van der Waals surface area contributed by atoms with Crippen LogP contribution in [0.2, 0.25) is 0 Å². The molecule has 0 amide bonds. The first-order chi connectivity index (χ1) is 14.4. The molecule has 5 rings (SSSR count). The Kier molecular flexibility index (Phi) is 5.10. The van der Waals surface area contributed by atoms with Gasteiger partial charge in [0.2, 0.25) is 0 Å². The van der Waals surface area contributed by atoms with Gasteiger partial charge in [0.1, 0.15) is 0 Å². The monoisotopic (exact) mass is 430 g/mol. The van der Waals surface area contributed by atoms with E-state index in [1.165, 1.54) is 64.2 Å². The molecular formula is C29H50O2. The standard InChI is InChI=1S/C29H50O2/c1-25(2)15-16-29(18-30)14-9-20-19(21(29)17-25)7-8-23-27(20,5)12-10-22-26(3,4)24(31)11-13-28(22,23)6/h19-24,30-31H,7-18H2,1-6H3/t19-,20+,21-,22-,23+,24-,27-,28-,29-/m0/s1. The Bertz CT molecular complexity index is 712. The summed E-state index contributed by atoms with van der Waals surface area (Å²) in [4.78, 5) is 0. The minimum absolute atomic E-state index is 0.0528. The van der Waals surface area contributed by atoms with Crippen LogP contribution in [0.5, 0.6) is 0 Å². The third-order valence-electron chi connectivity index (χ3n) is 12.9. The van der Waals surface area contributed by atoms with Crippen molar-refractivity contribution in [1.82, 2.24) is 0 Å². The van der Waals surface area contributed by atoms with Crippen molar-refractivity contribution in [3.8, 4) is 0 Å². The molecule has 0 radical (unpaired) electrons. The second-order valence-corrected chi connectivity index (χ2v) is 14.9. The van der Waals surface area contributed by atoms with Crippen molar-refractivity contribution in [2.24, 2.45) is 56.7 Å². The van der Waals surface area contributed by atoms with Crippen LogP contribution in [0.15, 0.2) is 0 Å². The fourth-order valence-corrected chi connectivity index (χ4v) is 11.1. The quantitative estimate of drug-likeness (QED) is 0.478. The van der Waals surface area contributed by atoms with Gasteiger partial charge in [0, 0.05) is 6.61 Å². The van der Waals surface area contributed by atoms with Crippen molar-refractivity contribution < 1.29 is 10.2 Å². The molecule has 2 heteroatoms. The molecule has 5 aliphatic carbocycles. The summed E-state index contributed by atoms with van der Waals surface area (Å²) in [6, 6.07) is 0. The van der Waals surface area contributed by atoms with Crippen molar-refractivity contribution >= 4 is 0 Å². The van der Waals surface area contributed by atoms with Gasteiger partial charge in [-0.2, -0.15) is 0 Å². The molecule has 9 atom stereocenters. The molecule has 2 N–H and O–H groups in total. The first kappa shape index (κ1) is 22.7. The number of fused-ring (bicyclic) bond motifs is 7. The van der Waals surface area contributed by atoms with E-state index in [9.17, 15) is 10.2 Å². The van der Waals surface area contributed by atoms with Crippen molar-refractivity contribution in [3.05, 3.63) is 0 Å². The predicted octanol–water partition coefficient (Wildman–Crippen LogP) is 6.83. The lowest BCUT2D eigenvalue weighted by molar-refractivity contribution is -0.224. The van der Waals surface area contributed by atoms with Crippen LogP contribution in [0, 0.1) is 56.7 Å².